The van der Waals surface area contributed by atoms with Crippen LogP contribution in [0.3, 0.4) is 0 Å². The van der Waals surface area contributed by atoms with Crippen molar-refractivity contribution in [2.75, 3.05) is 26.7 Å². The number of hydrogen-bond donors (Lipinski definition) is 0. The summed E-state index contributed by atoms with van der Waals surface area (Å²) in [6.45, 7) is 7.59. The standard InChI is InChI=1S/C21H27NO2/c1-15(2)13-22-10-4-5-19(14-22)21(23)18-7-6-17-12-20(24-3)9-8-16(17)11-18/h6-9,11-12,15,19H,4-5,10,13-14H2,1-3H3. The van der Waals surface area contributed by atoms with Crippen LogP contribution in [0.25, 0.3) is 10.8 Å². The first-order valence-corrected chi connectivity index (χ1v) is 8.91. The maximum atomic E-state index is 12.9. The maximum absolute atomic E-state index is 12.9. The van der Waals surface area contributed by atoms with Crippen molar-refractivity contribution in [3.05, 3.63) is 42.0 Å². The Hall–Kier alpha value is -1.87. The van der Waals surface area contributed by atoms with Crippen molar-refractivity contribution in [2.24, 2.45) is 11.8 Å². The van der Waals surface area contributed by atoms with Crippen LogP contribution in [0.5, 0.6) is 5.75 Å². The number of hydrogen-bond acceptors (Lipinski definition) is 3. The van der Waals surface area contributed by atoms with Crippen LogP contribution in [0.4, 0.5) is 0 Å². The fourth-order valence-electron chi connectivity index (χ4n) is 3.69. The van der Waals surface area contributed by atoms with E-state index in [2.05, 4.69) is 18.7 Å². The third kappa shape index (κ3) is 3.78. The molecule has 2 aromatic rings. The first kappa shape index (κ1) is 17.0. The van der Waals surface area contributed by atoms with Crippen LogP contribution in [0.1, 0.15) is 37.0 Å². The lowest BCUT2D eigenvalue weighted by molar-refractivity contribution is 0.0806. The van der Waals surface area contributed by atoms with E-state index in [-0.39, 0.29) is 5.92 Å². The Morgan fingerprint density at radius 3 is 2.71 bits per heavy atom. The monoisotopic (exact) mass is 325 g/mol. The number of piperidine rings is 1. The summed E-state index contributed by atoms with van der Waals surface area (Å²) in [4.78, 5) is 15.4. The highest BCUT2D eigenvalue weighted by Crippen LogP contribution is 2.26. The van der Waals surface area contributed by atoms with Crippen LogP contribution in [-0.4, -0.2) is 37.4 Å². The summed E-state index contributed by atoms with van der Waals surface area (Å²) < 4.78 is 5.27. The Kier molecular flexibility index (Phi) is 5.20. The molecule has 3 heteroatoms. The molecule has 0 bridgehead atoms. The van der Waals surface area contributed by atoms with E-state index in [9.17, 15) is 4.79 Å². The molecule has 1 fully saturated rings. The molecule has 0 aliphatic carbocycles. The minimum Gasteiger partial charge on any atom is -0.497 e. The van der Waals surface area contributed by atoms with E-state index in [1.165, 1.54) is 0 Å². The zero-order chi connectivity index (χ0) is 17.1. The molecular formula is C21H27NO2. The molecule has 1 atom stereocenters. The van der Waals surface area contributed by atoms with E-state index in [1.54, 1.807) is 7.11 Å². The van der Waals surface area contributed by atoms with E-state index in [4.69, 9.17) is 4.74 Å². The van der Waals surface area contributed by atoms with Gasteiger partial charge in [0.1, 0.15) is 5.75 Å². The van der Waals surface area contributed by atoms with Crippen LogP contribution in [-0.2, 0) is 0 Å². The number of Topliss-reactive ketones (excluding diaryl/α,β-unsaturated/α-hetero) is 1. The second-order valence-electron chi connectivity index (χ2n) is 7.28. The zero-order valence-electron chi connectivity index (χ0n) is 14.9. The van der Waals surface area contributed by atoms with Gasteiger partial charge in [-0.25, -0.2) is 0 Å². The van der Waals surface area contributed by atoms with Gasteiger partial charge in [-0.2, -0.15) is 0 Å². The number of ether oxygens (including phenoxy) is 1. The minimum absolute atomic E-state index is 0.133. The van der Waals surface area contributed by atoms with Gasteiger partial charge in [0, 0.05) is 24.6 Å². The first-order chi connectivity index (χ1) is 11.6. The van der Waals surface area contributed by atoms with Gasteiger partial charge in [-0.1, -0.05) is 32.0 Å². The topological polar surface area (TPSA) is 29.5 Å². The largest absolute Gasteiger partial charge is 0.497 e. The molecule has 0 aromatic heterocycles. The van der Waals surface area contributed by atoms with Crippen molar-refractivity contribution in [3.63, 3.8) is 0 Å². The number of ketones is 1. The van der Waals surface area contributed by atoms with Crippen LogP contribution < -0.4 is 4.74 Å². The fourth-order valence-corrected chi connectivity index (χ4v) is 3.69. The Balaban J connectivity index is 1.77. The second-order valence-corrected chi connectivity index (χ2v) is 7.28. The van der Waals surface area contributed by atoms with Gasteiger partial charge in [-0.3, -0.25) is 4.79 Å². The van der Waals surface area contributed by atoms with E-state index in [0.29, 0.717) is 11.7 Å². The van der Waals surface area contributed by atoms with Crippen molar-refractivity contribution in [1.82, 2.24) is 4.90 Å². The number of methoxy groups -OCH3 is 1. The number of rotatable bonds is 5. The number of carbonyl (C=O) groups is 1. The number of nitrogens with zero attached hydrogens (tertiary/aromatic N) is 1. The van der Waals surface area contributed by atoms with Crippen molar-refractivity contribution in [3.8, 4) is 5.75 Å². The first-order valence-electron chi connectivity index (χ1n) is 8.91. The predicted molar refractivity (Wildman–Crippen MR) is 98.8 cm³/mol. The molecule has 1 unspecified atom stereocenters. The Labute approximate surface area is 144 Å². The Morgan fingerprint density at radius 2 is 1.96 bits per heavy atom. The zero-order valence-corrected chi connectivity index (χ0v) is 14.9. The van der Waals surface area contributed by atoms with Crippen LogP contribution in [0, 0.1) is 11.8 Å². The fraction of sp³-hybridized carbons (Fsp3) is 0.476. The maximum Gasteiger partial charge on any atom is 0.167 e. The Morgan fingerprint density at radius 1 is 1.21 bits per heavy atom. The number of fused-ring (bicyclic) bond motifs is 1. The van der Waals surface area contributed by atoms with Crippen molar-refractivity contribution in [1.29, 1.82) is 0 Å². The third-order valence-electron chi connectivity index (χ3n) is 4.83. The van der Waals surface area contributed by atoms with Gasteiger partial charge in [0.2, 0.25) is 0 Å². The summed E-state index contributed by atoms with van der Waals surface area (Å²) in [5.74, 6) is 1.92. The molecule has 2 aromatic carbocycles. The SMILES string of the molecule is COc1ccc2cc(C(=O)C3CCCN(CC(C)C)C3)ccc2c1. The van der Waals surface area contributed by atoms with Crippen LogP contribution in [0.2, 0.25) is 0 Å². The summed E-state index contributed by atoms with van der Waals surface area (Å²) in [5.41, 5.74) is 0.837. The summed E-state index contributed by atoms with van der Waals surface area (Å²) >= 11 is 0. The molecule has 0 spiro atoms. The second kappa shape index (κ2) is 7.35. The van der Waals surface area contributed by atoms with Gasteiger partial charge in [-0.05, 0) is 54.3 Å². The van der Waals surface area contributed by atoms with Gasteiger partial charge >= 0.3 is 0 Å². The van der Waals surface area contributed by atoms with E-state index < -0.39 is 0 Å². The number of carbonyl (C=O) groups excluding carboxylic acids is 1. The molecule has 0 saturated carbocycles. The van der Waals surface area contributed by atoms with Gasteiger partial charge in [0.05, 0.1) is 7.11 Å². The summed E-state index contributed by atoms with van der Waals surface area (Å²) in [6.07, 6.45) is 2.13. The van der Waals surface area contributed by atoms with E-state index >= 15 is 0 Å². The van der Waals surface area contributed by atoms with Gasteiger partial charge in [0.15, 0.2) is 5.78 Å². The molecule has 24 heavy (non-hydrogen) atoms. The van der Waals surface area contributed by atoms with Crippen LogP contribution >= 0.6 is 0 Å². The van der Waals surface area contributed by atoms with E-state index in [1.807, 2.05) is 36.4 Å². The van der Waals surface area contributed by atoms with Gasteiger partial charge < -0.3 is 9.64 Å². The minimum atomic E-state index is 0.133. The predicted octanol–water partition coefficient (Wildman–Crippen LogP) is 4.40. The molecule has 3 nitrogen and oxygen atoms in total. The Bertz CT molecular complexity index is 723. The molecule has 1 heterocycles. The van der Waals surface area contributed by atoms with Gasteiger partial charge in [0.25, 0.3) is 0 Å². The molecule has 1 aliphatic rings. The van der Waals surface area contributed by atoms with Crippen molar-refractivity contribution in [2.45, 2.75) is 26.7 Å². The summed E-state index contributed by atoms with van der Waals surface area (Å²) in [5, 5.41) is 2.20. The highest BCUT2D eigenvalue weighted by atomic mass is 16.5. The summed E-state index contributed by atoms with van der Waals surface area (Å²) in [6, 6.07) is 12.0. The molecule has 128 valence electrons. The lowest BCUT2D eigenvalue weighted by Gasteiger charge is -2.33. The number of likely N-dealkylation sites (tertiary alicyclic amines) is 1. The van der Waals surface area contributed by atoms with Crippen molar-refractivity contribution < 1.29 is 9.53 Å². The lowest BCUT2D eigenvalue weighted by Crippen LogP contribution is -2.40. The lowest BCUT2D eigenvalue weighted by atomic mass is 9.89. The smallest absolute Gasteiger partial charge is 0.167 e. The molecule has 0 N–H and O–H groups in total. The van der Waals surface area contributed by atoms with Crippen LogP contribution in [0.15, 0.2) is 36.4 Å². The van der Waals surface area contributed by atoms with E-state index in [0.717, 1.165) is 54.6 Å². The molecular weight excluding hydrogens is 298 g/mol. The highest BCUT2D eigenvalue weighted by Gasteiger charge is 2.26. The summed E-state index contributed by atoms with van der Waals surface area (Å²) in [7, 11) is 1.67. The average molecular weight is 325 g/mol. The molecule has 1 saturated heterocycles. The number of benzene rings is 2. The molecule has 1 aliphatic heterocycles. The normalized spacial score (nSPS) is 18.9. The van der Waals surface area contributed by atoms with Crippen molar-refractivity contribution >= 4 is 16.6 Å². The molecule has 3 rings (SSSR count). The average Bonchev–Trinajstić information content (AvgIpc) is 2.59. The highest BCUT2D eigenvalue weighted by molar-refractivity contribution is 6.01. The molecule has 0 radical (unpaired) electrons. The molecule has 0 amide bonds. The third-order valence-corrected chi connectivity index (χ3v) is 4.83. The van der Waals surface area contributed by atoms with Gasteiger partial charge in [-0.15, -0.1) is 0 Å². The quantitative estimate of drug-likeness (QED) is 0.763.